The average molecular weight is 472 g/mol. The largest absolute Gasteiger partial charge is 0.481 e. The molecule has 0 saturated heterocycles. The molecule has 2 aromatic rings. The van der Waals surface area contributed by atoms with Crippen LogP contribution in [0, 0.1) is 0 Å². The summed E-state index contributed by atoms with van der Waals surface area (Å²) in [6.45, 7) is -0.490. The molecule has 1 fully saturated rings. The molecule has 2 heterocycles. The summed E-state index contributed by atoms with van der Waals surface area (Å²) in [6.07, 6.45) is 5.83. The number of nitrogens with one attached hydrogen (secondary N) is 2. The number of ether oxygens (including phenoxy) is 4. The van der Waals surface area contributed by atoms with Crippen molar-refractivity contribution < 1.29 is 33.6 Å². The van der Waals surface area contributed by atoms with E-state index in [4.69, 9.17) is 18.9 Å². The fraction of sp³-hybridized carbons (Fsp3) is 0.429. The molecule has 1 atom stereocenters. The standard InChI is InChI=1S/C21H24N6O7/c1-31-19-22-6-13(7-23-19)33-10-17(29)26-15-3-16(28)21(4-12(15)5-21)27-18(30)11-34-14-8-24-20(32-2)25-9-14/h6-9,16,28H,3-5,10-11H2,1-2H3,(H,26,29)(H,27,30)/t16-/m0/s1. The number of nitrogens with zero attached hydrogens (tertiary/aromatic N) is 4. The van der Waals surface area contributed by atoms with Crippen LogP contribution in [0.3, 0.4) is 0 Å². The third-order valence-corrected chi connectivity index (χ3v) is 5.51. The van der Waals surface area contributed by atoms with E-state index in [9.17, 15) is 14.7 Å². The Kier molecular flexibility index (Phi) is 6.72. The van der Waals surface area contributed by atoms with Crippen LogP contribution >= 0.6 is 0 Å². The first kappa shape index (κ1) is 23.2. The fourth-order valence-corrected chi connectivity index (χ4v) is 3.79. The third kappa shape index (κ3) is 5.14. The van der Waals surface area contributed by atoms with Gasteiger partial charge in [-0.3, -0.25) is 9.59 Å². The second kappa shape index (κ2) is 9.87. The molecule has 3 aliphatic carbocycles. The lowest BCUT2D eigenvalue weighted by Crippen LogP contribution is -2.65. The minimum Gasteiger partial charge on any atom is -0.481 e. The number of carbonyl (C=O) groups excluding carboxylic acids is 2. The summed E-state index contributed by atoms with van der Waals surface area (Å²) in [4.78, 5) is 40.2. The molecule has 2 bridgehead atoms. The molecule has 13 nitrogen and oxygen atoms in total. The van der Waals surface area contributed by atoms with Crippen molar-refractivity contribution in [1.82, 2.24) is 30.6 Å². The Hall–Kier alpha value is -4.00. The van der Waals surface area contributed by atoms with Gasteiger partial charge in [-0.15, -0.1) is 0 Å². The highest BCUT2D eigenvalue weighted by molar-refractivity contribution is 5.81. The van der Waals surface area contributed by atoms with Gasteiger partial charge in [0.15, 0.2) is 24.7 Å². The Balaban J connectivity index is 1.24. The number of carbonyl (C=O) groups is 2. The SMILES string of the molecule is COc1ncc(OCC(=O)NC2=C3CC(NC(=O)COc4cnc(OC)nc4)(C3)[C@@H](O)C2)cn1. The molecule has 3 aliphatic rings. The van der Waals surface area contributed by atoms with Gasteiger partial charge >= 0.3 is 12.0 Å². The van der Waals surface area contributed by atoms with Gasteiger partial charge in [-0.2, -0.15) is 19.9 Å². The number of rotatable bonds is 10. The number of hydrogen-bond donors (Lipinski definition) is 3. The molecule has 180 valence electrons. The number of hydrogen-bond acceptors (Lipinski definition) is 11. The van der Waals surface area contributed by atoms with E-state index in [-0.39, 0.29) is 43.5 Å². The van der Waals surface area contributed by atoms with Crippen LogP contribution in [0.1, 0.15) is 19.3 Å². The van der Waals surface area contributed by atoms with Crippen molar-refractivity contribution >= 4 is 11.8 Å². The summed E-state index contributed by atoms with van der Waals surface area (Å²) >= 11 is 0. The Bertz CT molecular complexity index is 1070. The van der Waals surface area contributed by atoms with Crippen LogP contribution in [-0.2, 0) is 9.59 Å². The van der Waals surface area contributed by atoms with Crippen LogP contribution in [0.25, 0.3) is 0 Å². The van der Waals surface area contributed by atoms with Gasteiger partial charge in [-0.05, 0) is 18.4 Å². The number of methoxy groups -OCH3 is 2. The zero-order valence-electron chi connectivity index (χ0n) is 18.6. The molecule has 3 N–H and O–H groups in total. The molecule has 2 amide bonds. The average Bonchev–Trinajstić information content (AvgIpc) is 2.83. The number of aliphatic hydroxyl groups excluding tert-OH is 1. The fourth-order valence-electron chi connectivity index (χ4n) is 3.79. The first-order valence-electron chi connectivity index (χ1n) is 10.4. The van der Waals surface area contributed by atoms with Gasteiger partial charge in [0, 0.05) is 12.1 Å². The molecule has 0 aromatic carbocycles. The van der Waals surface area contributed by atoms with Crippen molar-refractivity contribution in [3.05, 3.63) is 36.1 Å². The zero-order chi connectivity index (χ0) is 24.1. The summed E-state index contributed by atoms with van der Waals surface area (Å²) in [5, 5.41) is 16.3. The van der Waals surface area contributed by atoms with E-state index in [2.05, 4.69) is 30.6 Å². The van der Waals surface area contributed by atoms with Gasteiger partial charge in [0.25, 0.3) is 11.8 Å². The van der Waals surface area contributed by atoms with Gasteiger partial charge in [0.1, 0.15) is 0 Å². The van der Waals surface area contributed by atoms with Crippen LogP contribution in [0.2, 0.25) is 0 Å². The molecule has 0 aliphatic heterocycles. The van der Waals surface area contributed by atoms with Gasteiger partial charge < -0.3 is 34.7 Å². The minimum atomic E-state index is -0.857. The summed E-state index contributed by atoms with van der Waals surface area (Å²) in [6, 6.07) is 0.390. The molecular weight excluding hydrogens is 448 g/mol. The van der Waals surface area contributed by atoms with Crippen molar-refractivity contribution in [3.63, 3.8) is 0 Å². The monoisotopic (exact) mass is 472 g/mol. The predicted molar refractivity (Wildman–Crippen MR) is 114 cm³/mol. The van der Waals surface area contributed by atoms with E-state index < -0.39 is 11.6 Å². The lowest BCUT2D eigenvalue weighted by molar-refractivity contribution is -0.129. The molecular formula is C21H24N6O7. The van der Waals surface area contributed by atoms with Gasteiger partial charge in [0.2, 0.25) is 0 Å². The highest BCUT2D eigenvalue weighted by Crippen LogP contribution is 2.47. The molecule has 5 rings (SSSR count). The maximum absolute atomic E-state index is 12.4. The van der Waals surface area contributed by atoms with Gasteiger partial charge in [-0.25, -0.2) is 0 Å². The molecule has 1 saturated carbocycles. The lowest BCUT2D eigenvalue weighted by Gasteiger charge is -2.52. The van der Waals surface area contributed by atoms with E-state index in [0.717, 1.165) is 5.57 Å². The Morgan fingerprint density at radius 1 is 0.941 bits per heavy atom. The Labute approximate surface area is 194 Å². The smallest absolute Gasteiger partial charge is 0.316 e. The van der Waals surface area contributed by atoms with E-state index >= 15 is 0 Å². The van der Waals surface area contributed by atoms with Gasteiger partial charge in [-0.1, -0.05) is 0 Å². The maximum atomic E-state index is 12.4. The molecule has 2 aromatic heterocycles. The van der Waals surface area contributed by atoms with Crippen molar-refractivity contribution in [1.29, 1.82) is 0 Å². The number of amides is 2. The van der Waals surface area contributed by atoms with Gasteiger partial charge in [0.05, 0.1) is 50.6 Å². The molecule has 13 heteroatoms. The van der Waals surface area contributed by atoms with Crippen molar-refractivity contribution in [2.75, 3.05) is 27.4 Å². The molecule has 0 radical (unpaired) electrons. The van der Waals surface area contributed by atoms with Crippen molar-refractivity contribution in [3.8, 4) is 23.5 Å². The number of fused-ring (bicyclic) bond motifs is 2. The molecule has 0 unspecified atom stereocenters. The zero-order valence-corrected chi connectivity index (χ0v) is 18.6. The maximum Gasteiger partial charge on any atom is 0.316 e. The van der Waals surface area contributed by atoms with Crippen molar-refractivity contribution in [2.45, 2.75) is 30.9 Å². The van der Waals surface area contributed by atoms with Crippen LogP contribution < -0.4 is 29.6 Å². The second-order valence-corrected chi connectivity index (χ2v) is 7.80. The normalized spacial score (nSPS) is 20.6. The third-order valence-electron chi connectivity index (χ3n) is 5.51. The van der Waals surface area contributed by atoms with Crippen LogP contribution in [0.5, 0.6) is 23.5 Å². The number of aromatic nitrogens is 4. The second-order valence-electron chi connectivity index (χ2n) is 7.80. The van der Waals surface area contributed by atoms with E-state index in [1.807, 2.05) is 0 Å². The summed E-state index contributed by atoms with van der Waals surface area (Å²) in [7, 11) is 2.89. The Morgan fingerprint density at radius 3 is 1.91 bits per heavy atom. The molecule has 34 heavy (non-hydrogen) atoms. The summed E-state index contributed by atoms with van der Waals surface area (Å²) < 4.78 is 20.5. The van der Waals surface area contributed by atoms with E-state index in [1.165, 1.54) is 39.0 Å². The van der Waals surface area contributed by atoms with Crippen LogP contribution in [-0.4, -0.2) is 75.9 Å². The van der Waals surface area contributed by atoms with Crippen LogP contribution in [0.4, 0.5) is 0 Å². The van der Waals surface area contributed by atoms with Crippen molar-refractivity contribution in [2.24, 2.45) is 0 Å². The van der Waals surface area contributed by atoms with E-state index in [1.54, 1.807) is 0 Å². The topological polar surface area (TPSA) is 167 Å². The predicted octanol–water partition coefficient (Wildman–Crippen LogP) is -0.475. The quantitative estimate of drug-likeness (QED) is 0.409. The molecule has 0 spiro atoms. The number of aliphatic hydroxyl groups is 1. The van der Waals surface area contributed by atoms with Crippen LogP contribution in [0.15, 0.2) is 36.1 Å². The highest BCUT2D eigenvalue weighted by atomic mass is 16.5. The van der Waals surface area contributed by atoms with E-state index in [0.29, 0.717) is 30.0 Å². The minimum absolute atomic E-state index is 0.194. The highest BCUT2D eigenvalue weighted by Gasteiger charge is 2.52. The summed E-state index contributed by atoms with van der Waals surface area (Å²) in [5.74, 6) is -0.105. The lowest BCUT2D eigenvalue weighted by atomic mass is 9.62. The first-order chi connectivity index (χ1) is 16.4. The summed E-state index contributed by atoms with van der Waals surface area (Å²) in [5.41, 5.74) is 0.850. The first-order valence-corrected chi connectivity index (χ1v) is 10.4. The Morgan fingerprint density at radius 2 is 1.44 bits per heavy atom.